The molecule has 49 heavy (non-hydrogen) atoms. The molecule has 0 saturated carbocycles. The molecule has 0 saturated heterocycles. The summed E-state index contributed by atoms with van der Waals surface area (Å²) in [6, 6.07) is 11.5. The molecule has 0 aliphatic rings. The Morgan fingerprint density at radius 1 is 0.408 bits per heavy atom. The van der Waals surface area contributed by atoms with Crippen molar-refractivity contribution in [2.45, 2.75) is 220 Å². The van der Waals surface area contributed by atoms with Crippen molar-refractivity contribution < 1.29 is 22.0 Å². The van der Waals surface area contributed by atoms with Crippen LogP contribution in [-0.2, 0) is 16.9 Å². The number of benzene rings is 1. The Labute approximate surface area is 307 Å². The summed E-state index contributed by atoms with van der Waals surface area (Å²) in [5.41, 5.74) is 1.57. The fourth-order valence-corrected chi connectivity index (χ4v) is 7.35. The number of quaternary nitrogens is 1. The van der Waals surface area contributed by atoms with E-state index < -0.39 is 10.4 Å². The molecule has 0 aromatic heterocycles. The molecule has 0 spiro atoms. The van der Waals surface area contributed by atoms with Crippen molar-refractivity contribution in [3.8, 4) is 0 Å². The monoisotopic (exact) mass is 711 g/mol. The molecule has 5 nitrogen and oxygen atoms in total. The highest BCUT2D eigenvalue weighted by Gasteiger charge is 2.26. The molecule has 0 atom stereocenters. The molecule has 0 fully saturated rings. The molecule has 0 amide bonds. The lowest BCUT2D eigenvalue weighted by Crippen LogP contribution is -2.49. The van der Waals surface area contributed by atoms with Gasteiger partial charge in [0.1, 0.15) is 6.54 Å². The number of rotatable bonds is 35. The molecule has 2 N–H and O–H groups in total. The van der Waals surface area contributed by atoms with E-state index in [2.05, 4.69) is 51.1 Å². The molecule has 0 bridgehead atoms. The van der Waals surface area contributed by atoms with Gasteiger partial charge in [-0.1, -0.05) is 205 Å². The van der Waals surface area contributed by atoms with Gasteiger partial charge in [-0.3, -0.25) is 9.11 Å². The summed E-state index contributed by atoms with van der Waals surface area (Å²) in [6.07, 6.45) is 43.3. The van der Waals surface area contributed by atoms with Crippen LogP contribution in [0.2, 0.25) is 0 Å². The third-order valence-corrected chi connectivity index (χ3v) is 10.3. The smallest absolute Gasteiger partial charge is 0.320 e. The van der Waals surface area contributed by atoms with Crippen LogP contribution in [0.1, 0.15) is 219 Å². The Balaban J connectivity index is 0.00000427. The van der Waals surface area contributed by atoms with Crippen LogP contribution >= 0.6 is 0 Å². The highest BCUT2D eigenvalue weighted by molar-refractivity contribution is 7.79. The van der Waals surface area contributed by atoms with Crippen molar-refractivity contribution in [3.63, 3.8) is 0 Å². The van der Waals surface area contributed by atoms with E-state index in [1.807, 2.05) is 0 Å². The SMILES string of the molecule is CCCCCCCCCCCC[N+](CCCCCCCCCCCC)(CCCCCCCCCCCC)Cc1ccccc1.O=S(=O)(O)O. The lowest BCUT2D eigenvalue weighted by atomic mass is 10.0. The summed E-state index contributed by atoms with van der Waals surface area (Å²) in [5.74, 6) is 0. The largest absolute Gasteiger partial charge is 0.394 e. The predicted molar refractivity (Wildman–Crippen MR) is 215 cm³/mol. The second-order valence-electron chi connectivity index (χ2n) is 15.1. The second-order valence-corrected chi connectivity index (χ2v) is 16.0. The third kappa shape index (κ3) is 36.6. The first-order chi connectivity index (χ1) is 23.8. The first-order valence-electron chi connectivity index (χ1n) is 21.3. The van der Waals surface area contributed by atoms with Crippen molar-refractivity contribution in [1.29, 1.82) is 0 Å². The van der Waals surface area contributed by atoms with Crippen LogP contribution in [0.4, 0.5) is 0 Å². The number of hydrogen-bond donors (Lipinski definition) is 2. The molecule has 1 rings (SSSR count). The zero-order valence-electron chi connectivity index (χ0n) is 33.0. The van der Waals surface area contributed by atoms with Gasteiger partial charge in [-0.15, -0.1) is 0 Å². The summed E-state index contributed by atoms with van der Waals surface area (Å²) in [7, 11) is -4.67. The Morgan fingerprint density at radius 2 is 0.633 bits per heavy atom. The summed E-state index contributed by atoms with van der Waals surface area (Å²) in [4.78, 5) is 0. The van der Waals surface area contributed by atoms with E-state index >= 15 is 0 Å². The Bertz CT molecular complexity index is 825. The quantitative estimate of drug-likeness (QED) is 0.0418. The Kier molecular flexibility index (Phi) is 34.8. The van der Waals surface area contributed by atoms with Gasteiger partial charge in [-0.05, 0) is 38.5 Å². The topological polar surface area (TPSA) is 74.6 Å². The number of nitrogens with zero attached hydrogens (tertiary/aromatic N) is 1. The van der Waals surface area contributed by atoms with Crippen molar-refractivity contribution in [2.24, 2.45) is 0 Å². The van der Waals surface area contributed by atoms with Gasteiger partial charge < -0.3 is 4.48 Å². The third-order valence-electron chi connectivity index (χ3n) is 10.3. The van der Waals surface area contributed by atoms with E-state index in [0.717, 1.165) is 0 Å². The zero-order chi connectivity index (χ0) is 36.2. The lowest BCUT2D eigenvalue weighted by molar-refractivity contribution is -0.941. The van der Waals surface area contributed by atoms with Crippen LogP contribution in [0.25, 0.3) is 0 Å². The molecule has 0 radical (unpaired) electrons. The van der Waals surface area contributed by atoms with Gasteiger partial charge in [-0.25, -0.2) is 0 Å². The molecule has 1 aromatic carbocycles. The van der Waals surface area contributed by atoms with Crippen LogP contribution in [0.15, 0.2) is 30.3 Å². The van der Waals surface area contributed by atoms with E-state index in [1.165, 1.54) is 223 Å². The normalized spacial score (nSPS) is 11.9. The minimum absolute atomic E-state index is 1.26. The summed E-state index contributed by atoms with van der Waals surface area (Å²) < 4.78 is 32.9. The summed E-state index contributed by atoms with van der Waals surface area (Å²) >= 11 is 0. The highest BCUT2D eigenvalue weighted by atomic mass is 32.3. The van der Waals surface area contributed by atoms with E-state index in [0.29, 0.717) is 0 Å². The summed E-state index contributed by atoms with van der Waals surface area (Å²) in [5, 5.41) is 0. The molecule has 1 aromatic rings. The molecule has 0 aliphatic heterocycles. The van der Waals surface area contributed by atoms with Gasteiger partial charge in [0.05, 0.1) is 19.6 Å². The van der Waals surface area contributed by atoms with Crippen molar-refractivity contribution in [1.82, 2.24) is 0 Å². The van der Waals surface area contributed by atoms with Crippen molar-refractivity contribution >= 4 is 10.4 Å². The molecule has 0 unspecified atom stereocenters. The van der Waals surface area contributed by atoms with Gasteiger partial charge in [0.15, 0.2) is 0 Å². The van der Waals surface area contributed by atoms with E-state index in [9.17, 15) is 0 Å². The standard InChI is InChI=1S/C43H82N.H2O4S/c1-4-7-10-13-16-19-22-25-28-34-39-44(42-43-37-32-31-33-38-43,40-35-29-26-23-20-17-14-11-8-5-2)41-36-30-27-24-21-18-15-12-9-6-3;1-5(2,3)4/h31-33,37-38H,4-30,34-36,39-42H2,1-3H3;(H2,1,2,3,4)/q+1;. The fourth-order valence-electron chi connectivity index (χ4n) is 7.35. The Morgan fingerprint density at radius 3 is 0.878 bits per heavy atom. The minimum Gasteiger partial charge on any atom is -0.320 e. The van der Waals surface area contributed by atoms with E-state index in [1.54, 1.807) is 5.56 Å². The molecular weight excluding hydrogens is 627 g/mol. The van der Waals surface area contributed by atoms with Gasteiger partial charge in [-0.2, -0.15) is 8.42 Å². The fraction of sp³-hybridized carbons (Fsp3) is 0.860. The van der Waals surface area contributed by atoms with Crippen LogP contribution < -0.4 is 0 Å². The predicted octanol–water partition coefficient (Wildman–Crippen LogP) is 14.1. The highest BCUT2D eigenvalue weighted by Crippen LogP contribution is 2.23. The van der Waals surface area contributed by atoms with Crippen molar-refractivity contribution in [3.05, 3.63) is 35.9 Å². The average Bonchev–Trinajstić information content (AvgIpc) is 3.07. The number of hydrogen-bond acceptors (Lipinski definition) is 2. The zero-order valence-corrected chi connectivity index (χ0v) is 33.8. The van der Waals surface area contributed by atoms with Crippen LogP contribution in [0, 0.1) is 0 Å². The first kappa shape index (κ1) is 48.0. The van der Waals surface area contributed by atoms with Crippen molar-refractivity contribution in [2.75, 3.05) is 19.6 Å². The number of unbranched alkanes of at least 4 members (excludes halogenated alkanes) is 27. The van der Waals surface area contributed by atoms with Gasteiger partial charge in [0.25, 0.3) is 0 Å². The molecule has 290 valence electrons. The molecule has 6 heteroatoms. The lowest BCUT2D eigenvalue weighted by Gasteiger charge is -2.39. The second kappa shape index (κ2) is 35.5. The maximum Gasteiger partial charge on any atom is 0.394 e. The Hall–Kier alpha value is -0.950. The molecular formula is C43H84NO4S+. The van der Waals surface area contributed by atoms with Crippen LogP contribution in [0.3, 0.4) is 0 Å². The van der Waals surface area contributed by atoms with Crippen LogP contribution in [-0.4, -0.2) is 41.6 Å². The van der Waals surface area contributed by atoms with E-state index in [-0.39, 0.29) is 0 Å². The van der Waals surface area contributed by atoms with Crippen LogP contribution in [0.5, 0.6) is 0 Å². The van der Waals surface area contributed by atoms with E-state index in [4.69, 9.17) is 17.5 Å². The molecule has 0 heterocycles. The minimum atomic E-state index is -4.67. The maximum absolute atomic E-state index is 8.74. The first-order valence-corrected chi connectivity index (χ1v) is 22.7. The van der Waals surface area contributed by atoms with Gasteiger partial charge >= 0.3 is 10.4 Å². The maximum atomic E-state index is 8.74. The summed E-state index contributed by atoms with van der Waals surface area (Å²) in [6.45, 7) is 12.4. The average molecular weight is 711 g/mol. The molecule has 0 aliphatic carbocycles. The van der Waals surface area contributed by atoms with Gasteiger partial charge in [0, 0.05) is 5.56 Å². The van der Waals surface area contributed by atoms with Gasteiger partial charge in [0.2, 0.25) is 0 Å².